The summed E-state index contributed by atoms with van der Waals surface area (Å²) in [5.74, 6) is -0.156. The lowest BCUT2D eigenvalue weighted by molar-refractivity contribution is -0.117. The first kappa shape index (κ1) is 23.7. The molecule has 11 heteroatoms. The number of H-pyrrole nitrogens is 1. The van der Waals surface area contributed by atoms with Crippen LogP contribution in [0.4, 0.5) is 5.69 Å². The number of rotatable bonds is 6. The molecule has 0 atom stereocenters. The molecule has 0 radical (unpaired) electrons. The highest BCUT2D eigenvalue weighted by molar-refractivity contribution is 7.89. The molecule has 0 unspecified atom stereocenters. The largest absolute Gasteiger partial charge is 0.379 e. The molecule has 1 aromatic heterocycles. The Bertz CT molecular complexity index is 1350. The first-order chi connectivity index (χ1) is 16.9. The Hall–Kier alpha value is -2.99. The Balaban J connectivity index is 1.15. The summed E-state index contributed by atoms with van der Waals surface area (Å²) in [6.45, 7) is 3.12. The fourth-order valence-corrected chi connectivity index (χ4v) is 6.23. The predicted molar refractivity (Wildman–Crippen MR) is 132 cm³/mol. The van der Waals surface area contributed by atoms with Crippen LogP contribution in [-0.2, 0) is 19.6 Å². The van der Waals surface area contributed by atoms with E-state index < -0.39 is 10.0 Å². The van der Waals surface area contributed by atoms with Crippen LogP contribution in [0.2, 0.25) is 0 Å². The summed E-state index contributed by atoms with van der Waals surface area (Å²) in [5.41, 5.74) is 2.20. The maximum Gasteiger partial charge on any atom is 0.326 e. The van der Waals surface area contributed by atoms with Crippen molar-refractivity contribution in [3.63, 3.8) is 0 Å². The van der Waals surface area contributed by atoms with Crippen molar-refractivity contribution in [1.82, 2.24) is 18.8 Å². The van der Waals surface area contributed by atoms with Crippen LogP contribution in [0.25, 0.3) is 11.0 Å². The van der Waals surface area contributed by atoms with Gasteiger partial charge in [-0.3, -0.25) is 14.3 Å². The lowest BCUT2D eigenvalue weighted by Gasteiger charge is -2.32. The van der Waals surface area contributed by atoms with E-state index in [0.29, 0.717) is 45.1 Å². The topological polar surface area (TPSA) is 117 Å². The molecule has 10 nitrogen and oxygen atoms in total. The number of imidazole rings is 1. The summed E-state index contributed by atoms with van der Waals surface area (Å²) < 4.78 is 34.0. The highest BCUT2D eigenvalue weighted by Gasteiger charge is 2.27. The number of hydrogen-bond donors (Lipinski definition) is 2. The first-order valence-corrected chi connectivity index (χ1v) is 13.3. The maximum atomic E-state index is 12.7. The summed E-state index contributed by atoms with van der Waals surface area (Å²) in [7, 11) is -3.56. The van der Waals surface area contributed by atoms with Crippen molar-refractivity contribution in [1.29, 1.82) is 0 Å². The number of sulfonamides is 1. The number of nitrogens with one attached hydrogen (secondary N) is 2. The molecule has 35 heavy (non-hydrogen) atoms. The molecule has 2 aromatic carbocycles. The molecule has 3 heterocycles. The second-order valence-electron chi connectivity index (χ2n) is 8.91. The fraction of sp³-hybridized carbons (Fsp3) is 0.417. The molecule has 5 rings (SSSR count). The normalized spacial score (nSPS) is 18.6. The molecule has 2 fully saturated rings. The maximum absolute atomic E-state index is 12.7. The lowest BCUT2D eigenvalue weighted by atomic mass is 10.0. The van der Waals surface area contributed by atoms with Crippen LogP contribution in [-0.4, -0.2) is 79.0 Å². The molecule has 0 bridgehead atoms. The van der Waals surface area contributed by atoms with Crippen molar-refractivity contribution in [3.8, 4) is 0 Å². The van der Waals surface area contributed by atoms with Crippen LogP contribution in [0.1, 0.15) is 18.9 Å². The molecule has 0 saturated carbocycles. The van der Waals surface area contributed by atoms with Gasteiger partial charge in [0.2, 0.25) is 15.9 Å². The number of aromatic nitrogens is 2. The van der Waals surface area contributed by atoms with Gasteiger partial charge < -0.3 is 15.0 Å². The molecule has 0 aliphatic carbocycles. The van der Waals surface area contributed by atoms with E-state index in [0.717, 1.165) is 23.9 Å². The number of anilines is 1. The summed E-state index contributed by atoms with van der Waals surface area (Å²) in [5, 5.41) is 2.85. The third kappa shape index (κ3) is 5.03. The van der Waals surface area contributed by atoms with Crippen LogP contribution in [0.3, 0.4) is 0 Å². The van der Waals surface area contributed by atoms with E-state index in [9.17, 15) is 18.0 Å². The monoisotopic (exact) mass is 499 g/mol. The molecule has 1 amide bonds. The second kappa shape index (κ2) is 9.94. The van der Waals surface area contributed by atoms with Crippen molar-refractivity contribution >= 4 is 32.7 Å². The van der Waals surface area contributed by atoms with Crippen molar-refractivity contribution in [2.75, 3.05) is 51.3 Å². The summed E-state index contributed by atoms with van der Waals surface area (Å²) in [6, 6.07) is 14.0. The van der Waals surface area contributed by atoms with E-state index >= 15 is 0 Å². The molecule has 186 valence electrons. The van der Waals surface area contributed by atoms with Gasteiger partial charge in [-0.25, -0.2) is 13.2 Å². The molecule has 2 saturated heterocycles. The minimum Gasteiger partial charge on any atom is -0.379 e. The van der Waals surface area contributed by atoms with Crippen LogP contribution in [0, 0.1) is 0 Å². The van der Waals surface area contributed by atoms with Crippen molar-refractivity contribution in [2.24, 2.45) is 0 Å². The Labute approximate surface area is 203 Å². The Kier molecular flexibility index (Phi) is 6.74. The van der Waals surface area contributed by atoms with E-state index in [-0.39, 0.29) is 29.1 Å². The zero-order chi connectivity index (χ0) is 24.4. The number of nitrogens with zero attached hydrogens (tertiary/aromatic N) is 3. The number of para-hydroxylation sites is 2. The van der Waals surface area contributed by atoms with Crippen molar-refractivity contribution in [2.45, 2.75) is 23.8 Å². The fourth-order valence-electron chi connectivity index (χ4n) is 4.82. The Morgan fingerprint density at radius 3 is 2.40 bits per heavy atom. The zero-order valence-corrected chi connectivity index (χ0v) is 20.2. The molecule has 2 aliphatic rings. The van der Waals surface area contributed by atoms with Gasteiger partial charge in [-0.15, -0.1) is 0 Å². The molecular weight excluding hydrogens is 470 g/mol. The van der Waals surface area contributed by atoms with Gasteiger partial charge in [-0.2, -0.15) is 4.31 Å². The predicted octanol–water partition coefficient (Wildman–Crippen LogP) is 1.63. The molecular formula is C24H29N5O5S. The summed E-state index contributed by atoms with van der Waals surface area (Å²) in [6.07, 6.45) is 1.56. The van der Waals surface area contributed by atoms with Crippen molar-refractivity contribution in [3.05, 3.63) is 59.0 Å². The van der Waals surface area contributed by atoms with E-state index in [4.69, 9.17) is 4.74 Å². The van der Waals surface area contributed by atoms with Crippen LogP contribution in [0.15, 0.2) is 58.2 Å². The first-order valence-electron chi connectivity index (χ1n) is 11.8. The third-order valence-corrected chi connectivity index (χ3v) is 8.57. The van der Waals surface area contributed by atoms with Gasteiger partial charge in [0.25, 0.3) is 0 Å². The summed E-state index contributed by atoms with van der Waals surface area (Å²) >= 11 is 0. The lowest BCUT2D eigenvalue weighted by Crippen LogP contribution is -2.41. The zero-order valence-electron chi connectivity index (χ0n) is 19.4. The Morgan fingerprint density at radius 2 is 1.69 bits per heavy atom. The van der Waals surface area contributed by atoms with E-state index in [1.807, 2.05) is 28.8 Å². The average Bonchev–Trinajstić information content (AvgIpc) is 3.21. The van der Waals surface area contributed by atoms with Crippen LogP contribution in [0.5, 0.6) is 0 Å². The van der Waals surface area contributed by atoms with Gasteiger partial charge in [0.15, 0.2) is 0 Å². The third-order valence-electron chi connectivity index (χ3n) is 6.66. The number of piperidine rings is 1. The number of hydrogen-bond acceptors (Lipinski definition) is 6. The SMILES string of the molecule is O=C(CN1CCC(n2c(=O)[nH]c3ccccc32)CC1)Nc1ccc(S(=O)(=O)N2CCOCC2)cc1. The number of morpholine rings is 1. The minimum atomic E-state index is -3.56. The van der Waals surface area contributed by atoms with Gasteiger partial charge in [0.1, 0.15) is 0 Å². The number of likely N-dealkylation sites (tertiary alicyclic amines) is 1. The van der Waals surface area contributed by atoms with Gasteiger partial charge in [-0.1, -0.05) is 12.1 Å². The van der Waals surface area contributed by atoms with Crippen molar-refractivity contribution < 1.29 is 17.9 Å². The van der Waals surface area contributed by atoms with Gasteiger partial charge >= 0.3 is 5.69 Å². The number of ether oxygens (including phenoxy) is 1. The number of carbonyl (C=O) groups excluding carboxylic acids is 1. The molecule has 2 N–H and O–H groups in total. The van der Waals surface area contributed by atoms with Gasteiger partial charge in [0.05, 0.1) is 35.7 Å². The van der Waals surface area contributed by atoms with Crippen LogP contribution < -0.4 is 11.0 Å². The number of carbonyl (C=O) groups is 1. The van der Waals surface area contributed by atoms with E-state index in [1.165, 1.54) is 16.4 Å². The average molecular weight is 500 g/mol. The minimum absolute atomic E-state index is 0.0959. The number of aromatic amines is 1. The van der Waals surface area contributed by atoms with Gasteiger partial charge in [-0.05, 0) is 49.2 Å². The number of benzene rings is 2. The van der Waals surface area contributed by atoms with E-state index in [2.05, 4.69) is 15.2 Å². The summed E-state index contributed by atoms with van der Waals surface area (Å²) in [4.78, 5) is 30.2. The molecule has 0 spiro atoms. The highest BCUT2D eigenvalue weighted by Crippen LogP contribution is 2.25. The standard InChI is InChI=1S/C24H29N5O5S/c30-23(25-18-5-7-20(8-6-18)35(32,33)28-13-15-34-16-14-28)17-27-11-9-19(10-12-27)29-22-4-2-1-3-21(22)26-24(29)31/h1-8,19H,9-17H2,(H,25,30)(H,26,31). The molecule has 3 aromatic rings. The molecule has 2 aliphatic heterocycles. The quantitative estimate of drug-likeness (QED) is 0.533. The smallest absolute Gasteiger partial charge is 0.326 e. The number of fused-ring (bicyclic) bond motifs is 1. The second-order valence-corrected chi connectivity index (χ2v) is 10.9. The van der Waals surface area contributed by atoms with E-state index in [1.54, 1.807) is 12.1 Å². The van der Waals surface area contributed by atoms with Crippen LogP contribution >= 0.6 is 0 Å². The Morgan fingerprint density at radius 1 is 1.00 bits per heavy atom. The van der Waals surface area contributed by atoms with Gasteiger partial charge in [0, 0.05) is 37.9 Å². The number of amides is 1. The highest BCUT2D eigenvalue weighted by atomic mass is 32.2.